The van der Waals surface area contributed by atoms with Crippen LogP contribution in [0.5, 0.6) is 5.75 Å². The lowest BCUT2D eigenvalue weighted by atomic mass is 10.1. The third-order valence-corrected chi connectivity index (χ3v) is 2.91. The molecule has 0 aliphatic heterocycles. The van der Waals surface area contributed by atoms with Gasteiger partial charge in [0.2, 0.25) is 0 Å². The summed E-state index contributed by atoms with van der Waals surface area (Å²) < 4.78 is 6.99. The first-order chi connectivity index (χ1) is 7.56. The van der Waals surface area contributed by atoms with Crippen molar-refractivity contribution in [3.63, 3.8) is 0 Å². The summed E-state index contributed by atoms with van der Waals surface area (Å²) in [5.41, 5.74) is 1.98. The molecule has 1 heterocycles. The van der Waals surface area contributed by atoms with Gasteiger partial charge in [0.1, 0.15) is 5.75 Å². The van der Waals surface area contributed by atoms with Crippen LogP contribution in [0, 0.1) is 6.92 Å². The number of aromatic carboxylic acids is 1. The molecule has 4 nitrogen and oxygen atoms in total. The number of carbonyl (C=O) groups is 1. The van der Waals surface area contributed by atoms with Gasteiger partial charge in [-0.2, -0.15) is 0 Å². The molecule has 2 rings (SSSR count). The highest BCUT2D eigenvalue weighted by Crippen LogP contribution is 2.28. The van der Waals surface area contributed by atoms with Gasteiger partial charge < -0.3 is 14.4 Å². The van der Waals surface area contributed by atoms with Crippen LogP contribution in [-0.4, -0.2) is 22.8 Å². The van der Waals surface area contributed by atoms with Crippen molar-refractivity contribution in [3.05, 3.63) is 29.5 Å². The van der Waals surface area contributed by atoms with Crippen LogP contribution in [-0.2, 0) is 7.05 Å². The maximum atomic E-state index is 11.2. The molecule has 4 heteroatoms. The van der Waals surface area contributed by atoms with Gasteiger partial charge in [0.25, 0.3) is 0 Å². The van der Waals surface area contributed by atoms with Crippen molar-refractivity contribution < 1.29 is 14.6 Å². The van der Waals surface area contributed by atoms with Crippen molar-refractivity contribution in [2.24, 2.45) is 7.05 Å². The monoisotopic (exact) mass is 219 g/mol. The Balaban J connectivity index is 2.84. The van der Waals surface area contributed by atoms with Gasteiger partial charge in [-0.05, 0) is 19.1 Å². The maximum Gasteiger partial charge on any atom is 0.338 e. The molecule has 0 atom stereocenters. The Hall–Kier alpha value is -1.97. The molecule has 0 saturated heterocycles. The van der Waals surface area contributed by atoms with E-state index in [1.54, 1.807) is 26.2 Å². The third-order valence-electron chi connectivity index (χ3n) is 2.91. The second-order valence-corrected chi connectivity index (χ2v) is 3.71. The predicted molar refractivity (Wildman–Crippen MR) is 61.2 cm³/mol. The fraction of sp³-hybridized carbons (Fsp3) is 0.250. The van der Waals surface area contributed by atoms with Crippen LogP contribution in [0.1, 0.15) is 16.1 Å². The van der Waals surface area contributed by atoms with Crippen LogP contribution < -0.4 is 4.74 Å². The summed E-state index contributed by atoms with van der Waals surface area (Å²) >= 11 is 0. The lowest BCUT2D eigenvalue weighted by Gasteiger charge is -2.01. The molecule has 16 heavy (non-hydrogen) atoms. The zero-order valence-corrected chi connectivity index (χ0v) is 9.44. The number of ether oxygens (including phenoxy) is 1. The number of nitrogens with zero attached hydrogens (tertiary/aromatic N) is 1. The fourth-order valence-corrected chi connectivity index (χ4v) is 1.94. The number of methoxy groups -OCH3 is 1. The Morgan fingerprint density at radius 3 is 2.69 bits per heavy atom. The van der Waals surface area contributed by atoms with Gasteiger partial charge in [-0.3, -0.25) is 0 Å². The largest absolute Gasteiger partial charge is 0.497 e. The second kappa shape index (κ2) is 3.56. The highest BCUT2D eigenvalue weighted by atomic mass is 16.5. The summed E-state index contributed by atoms with van der Waals surface area (Å²) in [6.45, 7) is 1.80. The van der Waals surface area contributed by atoms with E-state index in [-0.39, 0.29) is 0 Å². The molecule has 2 aromatic rings. The predicted octanol–water partition coefficient (Wildman–Crippen LogP) is 2.19. The Labute approximate surface area is 93.1 Å². The first-order valence-corrected chi connectivity index (χ1v) is 4.92. The Bertz CT molecular complexity index is 569. The highest BCUT2D eigenvalue weighted by Gasteiger charge is 2.17. The summed E-state index contributed by atoms with van der Waals surface area (Å²) in [7, 11) is 3.44. The number of aromatic nitrogens is 1. The molecule has 0 aliphatic carbocycles. The van der Waals surface area contributed by atoms with Crippen LogP contribution in [0.2, 0.25) is 0 Å². The molecule has 0 unspecified atom stereocenters. The molecule has 0 saturated carbocycles. The van der Waals surface area contributed by atoms with Crippen LogP contribution >= 0.6 is 0 Å². The topological polar surface area (TPSA) is 51.5 Å². The van der Waals surface area contributed by atoms with Crippen molar-refractivity contribution in [3.8, 4) is 5.75 Å². The molecule has 1 aromatic heterocycles. The van der Waals surface area contributed by atoms with Gasteiger partial charge in [0, 0.05) is 24.2 Å². The average Bonchev–Trinajstić information content (AvgIpc) is 2.51. The summed E-state index contributed by atoms with van der Waals surface area (Å²) in [5.74, 6) is -0.168. The third kappa shape index (κ3) is 1.34. The molecule has 0 bridgehead atoms. The van der Waals surface area contributed by atoms with E-state index < -0.39 is 5.97 Å². The normalized spacial score (nSPS) is 10.7. The molecule has 0 radical (unpaired) electrons. The fourth-order valence-electron chi connectivity index (χ4n) is 1.94. The summed E-state index contributed by atoms with van der Waals surface area (Å²) in [4.78, 5) is 11.2. The van der Waals surface area contributed by atoms with Crippen LogP contribution in [0.15, 0.2) is 18.2 Å². The molecule has 1 N–H and O–H groups in total. The van der Waals surface area contributed by atoms with Gasteiger partial charge in [0.05, 0.1) is 18.2 Å². The van der Waals surface area contributed by atoms with Crippen LogP contribution in [0.4, 0.5) is 0 Å². The lowest BCUT2D eigenvalue weighted by Crippen LogP contribution is -1.99. The standard InChI is InChI=1S/C12H13NO3/c1-7-11(12(14)15)9-5-4-8(16-3)6-10(9)13(7)2/h4-6H,1-3H3,(H,14,15). The van der Waals surface area contributed by atoms with E-state index in [9.17, 15) is 4.79 Å². The molecule has 0 aliphatic rings. The molecule has 0 fully saturated rings. The minimum Gasteiger partial charge on any atom is -0.497 e. The number of fused-ring (bicyclic) bond motifs is 1. The number of rotatable bonds is 2. The zero-order valence-electron chi connectivity index (χ0n) is 9.44. The quantitative estimate of drug-likeness (QED) is 0.842. The second-order valence-electron chi connectivity index (χ2n) is 3.71. The van der Waals surface area contributed by atoms with Crippen molar-refractivity contribution in [1.29, 1.82) is 0 Å². The molecule has 84 valence electrons. The van der Waals surface area contributed by atoms with Crippen molar-refractivity contribution in [1.82, 2.24) is 4.57 Å². The van der Waals surface area contributed by atoms with E-state index in [0.29, 0.717) is 5.56 Å². The summed E-state index contributed by atoms with van der Waals surface area (Å²) in [6.07, 6.45) is 0. The smallest absolute Gasteiger partial charge is 0.338 e. The molecular formula is C12H13NO3. The summed E-state index contributed by atoms with van der Waals surface area (Å²) in [6, 6.07) is 5.40. The minimum atomic E-state index is -0.895. The van der Waals surface area contributed by atoms with E-state index in [4.69, 9.17) is 9.84 Å². The maximum absolute atomic E-state index is 11.2. The van der Waals surface area contributed by atoms with Crippen molar-refractivity contribution in [2.75, 3.05) is 7.11 Å². The number of carboxylic acid groups (broad SMARTS) is 1. The minimum absolute atomic E-state index is 0.361. The number of hydrogen-bond donors (Lipinski definition) is 1. The lowest BCUT2D eigenvalue weighted by molar-refractivity contribution is 0.0698. The van der Waals surface area contributed by atoms with E-state index >= 15 is 0 Å². The molecule has 0 amide bonds. The van der Waals surface area contributed by atoms with E-state index in [1.165, 1.54) is 0 Å². The average molecular weight is 219 g/mol. The number of hydrogen-bond acceptors (Lipinski definition) is 2. The van der Waals surface area contributed by atoms with Crippen molar-refractivity contribution in [2.45, 2.75) is 6.92 Å². The van der Waals surface area contributed by atoms with E-state index in [1.807, 2.05) is 17.7 Å². The van der Waals surface area contributed by atoms with Gasteiger partial charge in [-0.25, -0.2) is 4.79 Å². The first kappa shape index (κ1) is 10.5. The number of benzene rings is 1. The Kier molecular flexibility index (Phi) is 2.34. The van der Waals surface area contributed by atoms with E-state index in [2.05, 4.69) is 0 Å². The Morgan fingerprint density at radius 2 is 2.12 bits per heavy atom. The van der Waals surface area contributed by atoms with Gasteiger partial charge in [0.15, 0.2) is 0 Å². The van der Waals surface area contributed by atoms with Crippen molar-refractivity contribution >= 4 is 16.9 Å². The summed E-state index contributed by atoms with van der Waals surface area (Å²) in [5, 5.41) is 9.90. The van der Waals surface area contributed by atoms with Gasteiger partial charge in [-0.1, -0.05) is 0 Å². The van der Waals surface area contributed by atoms with Gasteiger partial charge >= 0.3 is 5.97 Å². The number of carboxylic acids is 1. The SMILES string of the molecule is COc1ccc2c(C(=O)O)c(C)n(C)c2c1. The first-order valence-electron chi connectivity index (χ1n) is 4.92. The number of aryl methyl sites for hydroxylation is 1. The van der Waals surface area contributed by atoms with Crippen LogP contribution in [0.25, 0.3) is 10.9 Å². The molecule has 1 aromatic carbocycles. The molecule has 0 spiro atoms. The molecular weight excluding hydrogens is 206 g/mol. The van der Waals surface area contributed by atoms with Crippen LogP contribution in [0.3, 0.4) is 0 Å². The zero-order chi connectivity index (χ0) is 11.9. The Morgan fingerprint density at radius 1 is 1.44 bits per heavy atom. The highest BCUT2D eigenvalue weighted by molar-refractivity contribution is 6.05. The van der Waals surface area contributed by atoms with E-state index in [0.717, 1.165) is 22.3 Å². The van der Waals surface area contributed by atoms with Gasteiger partial charge in [-0.15, -0.1) is 0 Å².